The SMILES string of the molecule is Cc1cc(C(C)(c2ccc(O)cc2)c2cc(C)c(N)c(C)c2)cc(C)c1N. The Bertz CT molecular complexity index is 900. The van der Waals surface area contributed by atoms with Gasteiger partial charge in [-0.3, -0.25) is 0 Å². The quantitative estimate of drug-likeness (QED) is 0.447. The molecule has 0 aliphatic rings. The van der Waals surface area contributed by atoms with Crippen LogP contribution in [0.1, 0.15) is 45.9 Å². The second-order valence-corrected chi connectivity index (χ2v) is 7.72. The summed E-state index contributed by atoms with van der Waals surface area (Å²) in [5, 5.41) is 9.78. The maximum atomic E-state index is 9.78. The molecule has 0 heterocycles. The summed E-state index contributed by atoms with van der Waals surface area (Å²) < 4.78 is 0. The summed E-state index contributed by atoms with van der Waals surface area (Å²) in [6, 6.07) is 16.1. The van der Waals surface area contributed by atoms with E-state index in [0.717, 1.165) is 39.2 Å². The second kappa shape index (κ2) is 6.66. The zero-order chi connectivity index (χ0) is 19.9. The molecule has 3 heteroatoms. The highest BCUT2D eigenvalue weighted by atomic mass is 16.3. The maximum absolute atomic E-state index is 9.78. The molecule has 0 saturated carbocycles. The third kappa shape index (κ3) is 3.14. The molecule has 27 heavy (non-hydrogen) atoms. The van der Waals surface area contributed by atoms with Gasteiger partial charge < -0.3 is 16.6 Å². The number of nitrogens with two attached hydrogens (primary N) is 2. The van der Waals surface area contributed by atoms with Crippen LogP contribution in [0.4, 0.5) is 11.4 Å². The van der Waals surface area contributed by atoms with E-state index in [4.69, 9.17) is 11.5 Å². The molecule has 0 bridgehead atoms. The number of nitrogen functional groups attached to an aromatic ring is 2. The van der Waals surface area contributed by atoms with Gasteiger partial charge in [0.2, 0.25) is 0 Å². The number of rotatable bonds is 3. The zero-order valence-corrected chi connectivity index (χ0v) is 16.7. The van der Waals surface area contributed by atoms with Crippen LogP contribution in [0.5, 0.6) is 5.75 Å². The van der Waals surface area contributed by atoms with Crippen molar-refractivity contribution in [1.82, 2.24) is 0 Å². The molecule has 0 atom stereocenters. The molecule has 0 saturated heterocycles. The number of anilines is 2. The first-order valence-corrected chi connectivity index (χ1v) is 9.18. The van der Waals surface area contributed by atoms with Gasteiger partial charge in [0.15, 0.2) is 0 Å². The lowest BCUT2D eigenvalue weighted by Crippen LogP contribution is -2.26. The molecule has 0 amide bonds. The second-order valence-electron chi connectivity index (χ2n) is 7.72. The smallest absolute Gasteiger partial charge is 0.115 e. The van der Waals surface area contributed by atoms with Crippen LogP contribution in [0.3, 0.4) is 0 Å². The molecule has 0 spiro atoms. The van der Waals surface area contributed by atoms with Crippen molar-refractivity contribution in [3.63, 3.8) is 0 Å². The first-order valence-electron chi connectivity index (χ1n) is 9.18. The molecule has 3 nitrogen and oxygen atoms in total. The molecule has 3 rings (SSSR count). The van der Waals surface area contributed by atoms with Gasteiger partial charge in [0, 0.05) is 16.8 Å². The monoisotopic (exact) mass is 360 g/mol. The Hall–Kier alpha value is -2.94. The summed E-state index contributed by atoms with van der Waals surface area (Å²) in [5.41, 5.74) is 21.4. The van der Waals surface area contributed by atoms with Crippen molar-refractivity contribution >= 4 is 11.4 Å². The van der Waals surface area contributed by atoms with E-state index in [1.165, 1.54) is 11.1 Å². The molecule has 3 aromatic carbocycles. The van der Waals surface area contributed by atoms with Gasteiger partial charge in [-0.2, -0.15) is 0 Å². The fourth-order valence-corrected chi connectivity index (χ4v) is 3.82. The lowest BCUT2D eigenvalue weighted by Gasteiger charge is -2.33. The van der Waals surface area contributed by atoms with E-state index >= 15 is 0 Å². The first kappa shape index (κ1) is 18.8. The van der Waals surface area contributed by atoms with E-state index < -0.39 is 5.41 Å². The Balaban J connectivity index is 2.35. The Morgan fingerprint density at radius 1 is 0.630 bits per heavy atom. The highest BCUT2D eigenvalue weighted by molar-refractivity contribution is 5.62. The molecule has 0 aliphatic heterocycles. The van der Waals surface area contributed by atoms with Gasteiger partial charge >= 0.3 is 0 Å². The van der Waals surface area contributed by atoms with Crippen LogP contribution < -0.4 is 11.5 Å². The molecule has 0 aliphatic carbocycles. The lowest BCUT2D eigenvalue weighted by molar-refractivity contribution is 0.474. The molecule has 0 radical (unpaired) electrons. The molecule has 0 unspecified atom stereocenters. The highest BCUT2D eigenvalue weighted by Gasteiger charge is 2.32. The predicted octanol–water partition coefficient (Wildman–Crippen LogP) is 5.14. The van der Waals surface area contributed by atoms with E-state index in [0.29, 0.717) is 0 Å². The van der Waals surface area contributed by atoms with Crippen LogP contribution in [0.2, 0.25) is 0 Å². The third-order valence-electron chi connectivity index (χ3n) is 5.79. The van der Waals surface area contributed by atoms with Gasteiger partial charge in [-0.1, -0.05) is 36.4 Å². The first-order chi connectivity index (χ1) is 12.6. The molecule has 140 valence electrons. The number of hydrogen-bond acceptors (Lipinski definition) is 3. The Kier molecular flexibility index (Phi) is 4.64. The van der Waals surface area contributed by atoms with E-state index in [1.807, 2.05) is 39.8 Å². The fourth-order valence-electron chi connectivity index (χ4n) is 3.82. The maximum Gasteiger partial charge on any atom is 0.115 e. The summed E-state index contributed by atoms with van der Waals surface area (Å²) in [4.78, 5) is 0. The summed E-state index contributed by atoms with van der Waals surface area (Å²) in [5.74, 6) is 0.260. The van der Waals surface area contributed by atoms with E-state index in [1.54, 1.807) is 12.1 Å². The average Bonchev–Trinajstić information content (AvgIpc) is 2.63. The van der Waals surface area contributed by atoms with Gasteiger partial charge in [-0.05, 0) is 85.7 Å². The highest BCUT2D eigenvalue weighted by Crippen LogP contribution is 2.42. The molecular formula is C24H28N2O. The van der Waals surface area contributed by atoms with E-state index in [-0.39, 0.29) is 5.75 Å². The number of hydrogen-bond donors (Lipinski definition) is 3. The van der Waals surface area contributed by atoms with Crippen molar-refractivity contribution in [2.75, 3.05) is 11.5 Å². The van der Waals surface area contributed by atoms with Crippen LogP contribution in [0.25, 0.3) is 0 Å². The number of phenolic OH excluding ortho intramolecular Hbond substituents is 1. The van der Waals surface area contributed by atoms with Crippen molar-refractivity contribution in [3.05, 3.63) is 87.5 Å². The summed E-state index contributed by atoms with van der Waals surface area (Å²) in [7, 11) is 0. The predicted molar refractivity (Wildman–Crippen MR) is 114 cm³/mol. The van der Waals surface area contributed by atoms with Crippen LogP contribution in [0, 0.1) is 27.7 Å². The van der Waals surface area contributed by atoms with Crippen LogP contribution in [-0.4, -0.2) is 5.11 Å². The lowest BCUT2D eigenvalue weighted by atomic mass is 9.69. The summed E-state index contributed by atoms with van der Waals surface area (Å²) >= 11 is 0. The molecule has 5 N–H and O–H groups in total. The van der Waals surface area contributed by atoms with Gasteiger partial charge in [0.05, 0.1) is 0 Å². The number of aromatic hydroxyl groups is 1. The molecule has 0 aromatic heterocycles. The summed E-state index contributed by atoms with van der Waals surface area (Å²) in [6.45, 7) is 10.4. The fraction of sp³-hybridized carbons (Fsp3) is 0.250. The number of phenols is 1. The molecule has 3 aromatic rings. The molecular weight excluding hydrogens is 332 g/mol. The Labute approximate surface area is 161 Å². The largest absolute Gasteiger partial charge is 0.508 e. The number of benzene rings is 3. The summed E-state index contributed by atoms with van der Waals surface area (Å²) in [6.07, 6.45) is 0. The Morgan fingerprint density at radius 2 is 0.963 bits per heavy atom. The average molecular weight is 361 g/mol. The van der Waals surface area contributed by atoms with Crippen molar-refractivity contribution in [2.24, 2.45) is 0 Å². The van der Waals surface area contributed by atoms with Gasteiger partial charge in [-0.25, -0.2) is 0 Å². The number of aryl methyl sites for hydroxylation is 4. The minimum Gasteiger partial charge on any atom is -0.508 e. The van der Waals surface area contributed by atoms with Crippen LogP contribution in [-0.2, 0) is 5.41 Å². The third-order valence-corrected chi connectivity index (χ3v) is 5.79. The normalized spacial score (nSPS) is 11.6. The van der Waals surface area contributed by atoms with Crippen molar-refractivity contribution in [2.45, 2.75) is 40.0 Å². The van der Waals surface area contributed by atoms with Gasteiger partial charge in [0.25, 0.3) is 0 Å². The standard InChI is InChI=1S/C24H28N2O/c1-14-10-19(11-15(2)22(14)25)24(5,18-6-8-21(27)9-7-18)20-12-16(3)23(26)17(4)13-20/h6-13,27H,25-26H2,1-5H3. The van der Waals surface area contributed by atoms with Crippen LogP contribution >= 0.6 is 0 Å². The minimum absolute atomic E-state index is 0.260. The van der Waals surface area contributed by atoms with Crippen molar-refractivity contribution < 1.29 is 5.11 Å². The zero-order valence-electron chi connectivity index (χ0n) is 16.7. The topological polar surface area (TPSA) is 72.3 Å². The van der Waals surface area contributed by atoms with Gasteiger partial charge in [-0.15, -0.1) is 0 Å². The minimum atomic E-state index is -0.403. The van der Waals surface area contributed by atoms with E-state index in [2.05, 4.69) is 31.2 Å². The van der Waals surface area contributed by atoms with Gasteiger partial charge in [0.1, 0.15) is 5.75 Å². The van der Waals surface area contributed by atoms with Crippen LogP contribution in [0.15, 0.2) is 48.5 Å². The molecule has 0 fully saturated rings. The van der Waals surface area contributed by atoms with Crippen molar-refractivity contribution in [3.8, 4) is 5.75 Å². The Morgan fingerprint density at radius 3 is 1.30 bits per heavy atom. The van der Waals surface area contributed by atoms with E-state index in [9.17, 15) is 5.11 Å². The van der Waals surface area contributed by atoms with Crippen molar-refractivity contribution in [1.29, 1.82) is 0 Å².